The van der Waals surface area contributed by atoms with E-state index >= 15 is 0 Å². The molecule has 0 aliphatic carbocycles. The molecule has 0 fully saturated rings. The smallest absolute Gasteiger partial charge is 0.311 e. The third kappa shape index (κ3) is 7.00. The number of amides is 1. The highest BCUT2D eigenvalue weighted by Gasteiger charge is 2.19. The fourth-order valence-electron chi connectivity index (χ4n) is 2.85. The maximum absolute atomic E-state index is 12.4. The summed E-state index contributed by atoms with van der Waals surface area (Å²) < 4.78 is 9.98. The van der Waals surface area contributed by atoms with Crippen molar-refractivity contribution in [3.63, 3.8) is 0 Å². The zero-order valence-corrected chi connectivity index (χ0v) is 19.3. The Morgan fingerprint density at radius 1 is 1.03 bits per heavy atom. The Morgan fingerprint density at radius 3 is 2.56 bits per heavy atom. The van der Waals surface area contributed by atoms with Crippen LogP contribution in [0.3, 0.4) is 0 Å². The largest absolute Gasteiger partial charge is 0.466 e. The van der Waals surface area contributed by atoms with Gasteiger partial charge in [-0.2, -0.15) is 0 Å². The number of thiazole rings is 1. The van der Waals surface area contributed by atoms with Gasteiger partial charge in [0.1, 0.15) is 5.01 Å². The minimum Gasteiger partial charge on any atom is -0.466 e. The average molecular weight is 473 g/mol. The van der Waals surface area contributed by atoms with E-state index in [1.54, 1.807) is 18.3 Å². The van der Waals surface area contributed by atoms with Crippen LogP contribution in [0.4, 0.5) is 0 Å². The van der Waals surface area contributed by atoms with Crippen LogP contribution in [0, 0.1) is 0 Å². The zero-order chi connectivity index (χ0) is 22.8. The van der Waals surface area contributed by atoms with Gasteiger partial charge < -0.3 is 14.8 Å². The lowest BCUT2D eigenvalue weighted by Gasteiger charge is -2.06. The summed E-state index contributed by atoms with van der Waals surface area (Å²) in [5, 5.41) is 5.42. The number of ether oxygens (including phenoxy) is 2. The molecule has 0 spiro atoms. The Morgan fingerprint density at radius 2 is 1.84 bits per heavy atom. The minimum atomic E-state index is -0.493. The van der Waals surface area contributed by atoms with Crippen molar-refractivity contribution in [1.29, 1.82) is 0 Å². The average Bonchev–Trinajstić information content (AvgIpc) is 3.46. The van der Waals surface area contributed by atoms with E-state index in [1.165, 1.54) is 11.3 Å². The van der Waals surface area contributed by atoms with E-state index in [-0.39, 0.29) is 25.4 Å². The predicted octanol–water partition coefficient (Wildman–Crippen LogP) is 4.08. The van der Waals surface area contributed by atoms with Crippen LogP contribution >= 0.6 is 22.7 Å². The van der Waals surface area contributed by atoms with E-state index in [0.29, 0.717) is 19.6 Å². The molecule has 0 radical (unpaired) electrons. The molecule has 0 aliphatic rings. The molecule has 168 valence electrons. The lowest BCUT2D eigenvalue weighted by Crippen LogP contribution is -2.30. The van der Waals surface area contributed by atoms with Gasteiger partial charge in [-0.25, -0.2) is 4.98 Å². The zero-order valence-electron chi connectivity index (χ0n) is 17.7. The first-order valence-electron chi connectivity index (χ1n) is 10.2. The quantitative estimate of drug-likeness (QED) is 0.334. The highest BCUT2D eigenvalue weighted by molar-refractivity contribution is 7.17. The van der Waals surface area contributed by atoms with Crippen LogP contribution in [0.5, 0.6) is 0 Å². The highest BCUT2D eigenvalue weighted by atomic mass is 32.1. The number of rotatable bonds is 11. The SMILES string of the molecule is CCOC(=O)CCCNC(=O)COC(=O)Cc1sc(-c2ccccc2)nc1-c1cccs1. The van der Waals surface area contributed by atoms with Crippen LogP contribution in [0.2, 0.25) is 0 Å². The van der Waals surface area contributed by atoms with Crippen LogP contribution in [0.25, 0.3) is 21.1 Å². The number of aromatic nitrogens is 1. The molecule has 0 aliphatic heterocycles. The maximum Gasteiger partial charge on any atom is 0.311 e. The summed E-state index contributed by atoms with van der Waals surface area (Å²) in [6.07, 6.45) is 0.730. The molecule has 0 atom stereocenters. The van der Waals surface area contributed by atoms with Crippen molar-refractivity contribution in [2.75, 3.05) is 19.8 Å². The molecule has 3 rings (SSSR count). The van der Waals surface area contributed by atoms with Gasteiger partial charge >= 0.3 is 11.9 Å². The lowest BCUT2D eigenvalue weighted by atomic mass is 10.2. The molecule has 32 heavy (non-hydrogen) atoms. The number of carbonyl (C=O) groups is 3. The molecular formula is C23H24N2O5S2. The fraction of sp³-hybridized carbons (Fsp3) is 0.304. The highest BCUT2D eigenvalue weighted by Crippen LogP contribution is 2.36. The first-order chi connectivity index (χ1) is 15.6. The van der Waals surface area contributed by atoms with Crippen molar-refractivity contribution in [1.82, 2.24) is 10.3 Å². The third-order valence-corrected chi connectivity index (χ3v) is 6.31. The van der Waals surface area contributed by atoms with E-state index in [9.17, 15) is 14.4 Å². The number of hydrogen-bond acceptors (Lipinski definition) is 8. The Kier molecular flexibility index (Phi) is 8.94. The van der Waals surface area contributed by atoms with Gasteiger partial charge in [-0.1, -0.05) is 36.4 Å². The second kappa shape index (κ2) is 12.1. The molecule has 9 heteroatoms. The molecule has 3 aromatic rings. The molecule has 0 unspecified atom stereocenters. The summed E-state index contributed by atoms with van der Waals surface area (Å²) in [5.74, 6) is -1.20. The summed E-state index contributed by atoms with van der Waals surface area (Å²) in [5.41, 5.74) is 1.75. The Balaban J connectivity index is 1.54. The standard InChI is InChI=1S/C23H24N2O5S2/c1-2-29-20(27)11-6-12-24-19(26)15-30-21(28)14-18-22(17-10-7-13-31-17)25-23(32-18)16-8-4-3-5-9-16/h3-5,7-10,13H,2,6,11-12,14-15H2,1H3,(H,24,26). The lowest BCUT2D eigenvalue weighted by molar-refractivity contribution is -0.147. The van der Waals surface area contributed by atoms with E-state index in [1.807, 2.05) is 47.8 Å². The van der Waals surface area contributed by atoms with Crippen LogP contribution in [0.15, 0.2) is 47.8 Å². The van der Waals surface area contributed by atoms with Crippen molar-refractivity contribution in [2.24, 2.45) is 0 Å². The Bertz CT molecular complexity index is 1030. The molecule has 0 saturated carbocycles. The second-order valence-corrected chi connectivity index (χ2v) is 8.76. The molecule has 2 heterocycles. The summed E-state index contributed by atoms with van der Waals surface area (Å²) in [6, 6.07) is 13.7. The molecule has 7 nitrogen and oxygen atoms in total. The Hall–Kier alpha value is -3.04. The minimum absolute atomic E-state index is 0.0356. The number of benzene rings is 1. The monoisotopic (exact) mass is 472 g/mol. The topological polar surface area (TPSA) is 94.6 Å². The third-order valence-electron chi connectivity index (χ3n) is 4.33. The van der Waals surface area contributed by atoms with E-state index < -0.39 is 11.9 Å². The molecular weight excluding hydrogens is 448 g/mol. The van der Waals surface area contributed by atoms with Gasteiger partial charge in [-0.05, 0) is 24.8 Å². The summed E-state index contributed by atoms with van der Waals surface area (Å²) in [4.78, 5) is 42.1. The van der Waals surface area contributed by atoms with Crippen molar-refractivity contribution in [3.05, 3.63) is 52.7 Å². The van der Waals surface area contributed by atoms with E-state index in [2.05, 4.69) is 5.32 Å². The van der Waals surface area contributed by atoms with Gasteiger partial charge in [0, 0.05) is 23.4 Å². The Labute approximate surface area is 194 Å². The molecule has 0 saturated heterocycles. The van der Waals surface area contributed by atoms with Crippen molar-refractivity contribution < 1.29 is 23.9 Å². The summed E-state index contributed by atoms with van der Waals surface area (Å²) >= 11 is 3.00. The van der Waals surface area contributed by atoms with Crippen molar-refractivity contribution in [2.45, 2.75) is 26.2 Å². The van der Waals surface area contributed by atoms with E-state index in [4.69, 9.17) is 14.5 Å². The number of nitrogens with one attached hydrogen (secondary N) is 1. The molecule has 2 aromatic heterocycles. The molecule has 1 N–H and O–H groups in total. The van der Waals surface area contributed by atoms with Gasteiger partial charge in [0.05, 0.1) is 23.6 Å². The van der Waals surface area contributed by atoms with Crippen molar-refractivity contribution >= 4 is 40.5 Å². The molecule has 0 bridgehead atoms. The number of nitrogens with zero attached hydrogens (tertiary/aromatic N) is 1. The second-order valence-electron chi connectivity index (χ2n) is 6.73. The van der Waals surface area contributed by atoms with Crippen LogP contribution in [-0.4, -0.2) is 42.6 Å². The van der Waals surface area contributed by atoms with Crippen LogP contribution < -0.4 is 5.32 Å². The van der Waals surface area contributed by atoms with Gasteiger partial charge in [-0.15, -0.1) is 22.7 Å². The number of hydrogen-bond donors (Lipinski definition) is 1. The number of thiophene rings is 1. The number of carbonyl (C=O) groups excluding carboxylic acids is 3. The van der Waals surface area contributed by atoms with Crippen LogP contribution in [-0.2, 0) is 30.3 Å². The van der Waals surface area contributed by atoms with E-state index in [0.717, 1.165) is 26.0 Å². The molecule has 1 amide bonds. The predicted molar refractivity (Wildman–Crippen MR) is 124 cm³/mol. The fourth-order valence-corrected chi connectivity index (χ4v) is 4.73. The first-order valence-corrected chi connectivity index (χ1v) is 11.9. The molecule has 1 aromatic carbocycles. The summed E-state index contributed by atoms with van der Waals surface area (Å²) in [6.45, 7) is 2.03. The summed E-state index contributed by atoms with van der Waals surface area (Å²) in [7, 11) is 0. The first kappa shape index (κ1) is 23.6. The maximum atomic E-state index is 12.4. The van der Waals surface area contributed by atoms with Gasteiger partial charge in [0.25, 0.3) is 5.91 Å². The number of esters is 2. The van der Waals surface area contributed by atoms with Gasteiger partial charge in [0.2, 0.25) is 0 Å². The van der Waals surface area contributed by atoms with Gasteiger partial charge in [-0.3, -0.25) is 14.4 Å². The normalized spacial score (nSPS) is 10.5. The van der Waals surface area contributed by atoms with Gasteiger partial charge in [0.15, 0.2) is 6.61 Å². The van der Waals surface area contributed by atoms with Crippen LogP contribution in [0.1, 0.15) is 24.6 Å². The van der Waals surface area contributed by atoms with Crippen molar-refractivity contribution in [3.8, 4) is 21.1 Å².